The number of methoxy groups -OCH3 is 1. The Morgan fingerprint density at radius 1 is 0.786 bits per heavy atom. The number of hydrogen-bond acceptors (Lipinski definition) is 4. The minimum atomic E-state index is 0.514. The van der Waals surface area contributed by atoms with Crippen molar-refractivity contribution in [3.05, 3.63) is 83.4 Å². The largest absolute Gasteiger partial charge is 0.494 e. The number of anilines is 1. The lowest BCUT2D eigenvalue weighted by Gasteiger charge is -2.13. The van der Waals surface area contributed by atoms with Crippen LogP contribution >= 0.6 is 0 Å². The molecule has 0 aliphatic carbocycles. The van der Waals surface area contributed by atoms with E-state index < -0.39 is 0 Å². The monoisotopic (exact) mass is 377 g/mol. The van der Waals surface area contributed by atoms with Crippen molar-refractivity contribution >= 4 is 5.69 Å². The van der Waals surface area contributed by atoms with Gasteiger partial charge in [-0.15, -0.1) is 0 Å². The third kappa shape index (κ3) is 5.43. The fourth-order valence-corrected chi connectivity index (χ4v) is 2.83. The summed E-state index contributed by atoms with van der Waals surface area (Å²) in [6.07, 6.45) is 0. The van der Waals surface area contributed by atoms with Crippen molar-refractivity contribution in [2.45, 2.75) is 27.0 Å². The normalized spacial score (nSPS) is 10.4. The van der Waals surface area contributed by atoms with Crippen LogP contribution in [-0.2, 0) is 13.2 Å². The molecule has 0 aromatic heterocycles. The van der Waals surface area contributed by atoms with Crippen LogP contribution in [0.3, 0.4) is 0 Å². The molecular weight excluding hydrogens is 350 g/mol. The quantitative estimate of drug-likeness (QED) is 0.527. The topological polar surface area (TPSA) is 39.7 Å². The van der Waals surface area contributed by atoms with Crippen LogP contribution in [0.2, 0.25) is 0 Å². The molecule has 0 bridgehead atoms. The van der Waals surface area contributed by atoms with E-state index in [9.17, 15) is 0 Å². The Kier molecular flexibility index (Phi) is 6.79. The van der Waals surface area contributed by atoms with E-state index in [4.69, 9.17) is 14.2 Å². The Balaban J connectivity index is 1.59. The van der Waals surface area contributed by atoms with Gasteiger partial charge in [0.25, 0.3) is 0 Å². The van der Waals surface area contributed by atoms with E-state index in [-0.39, 0.29) is 0 Å². The molecule has 0 saturated carbocycles. The van der Waals surface area contributed by atoms with Crippen LogP contribution in [-0.4, -0.2) is 13.7 Å². The van der Waals surface area contributed by atoms with Gasteiger partial charge in [0.2, 0.25) is 0 Å². The van der Waals surface area contributed by atoms with Crippen LogP contribution in [0.4, 0.5) is 5.69 Å². The minimum Gasteiger partial charge on any atom is -0.494 e. The lowest BCUT2D eigenvalue weighted by molar-refractivity contribution is 0.284. The highest BCUT2D eigenvalue weighted by Gasteiger charge is 2.07. The standard InChI is InChI=1S/C24H27NO3/c1-4-27-22-12-10-21(11-13-22)25-16-20-9-14-23(24(15-20)26-3)28-17-19-7-5-18(2)6-8-19/h5-15,25H,4,16-17H2,1-3H3. The van der Waals surface area contributed by atoms with Crippen molar-refractivity contribution in [1.29, 1.82) is 0 Å². The Hall–Kier alpha value is -3.14. The predicted octanol–water partition coefficient (Wildman–Crippen LogP) is 5.59. The van der Waals surface area contributed by atoms with Crippen molar-refractivity contribution in [2.24, 2.45) is 0 Å². The highest BCUT2D eigenvalue weighted by Crippen LogP contribution is 2.29. The van der Waals surface area contributed by atoms with Gasteiger partial charge in [-0.3, -0.25) is 0 Å². The van der Waals surface area contributed by atoms with Crippen LogP contribution in [0.25, 0.3) is 0 Å². The average molecular weight is 377 g/mol. The molecule has 0 saturated heterocycles. The Morgan fingerprint density at radius 3 is 2.18 bits per heavy atom. The van der Waals surface area contributed by atoms with Gasteiger partial charge in [0.1, 0.15) is 12.4 Å². The third-order valence-corrected chi connectivity index (χ3v) is 4.40. The lowest BCUT2D eigenvalue weighted by Crippen LogP contribution is -2.02. The number of aryl methyl sites for hydroxylation is 1. The molecule has 0 aliphatic rings. The molecule has 0 aliphatic heterocycles. The molecule has 3 rings (SSSR count). The first-order valence-corrected chi connectivity index (χ1v) is 9.50. The van der Waals surface area contributed by atoms with Gasteiger partial charge in [-0.25, -0.2) is 0 Å². The van der Waals surface area contributed by atoms with Gasteiger partial charge in [0.05, 0.1) is 13.7 Å². The van der Waals surface area contributed by atoms with Gasteiger partial charge in [-0.1, -0.05) is 35.9 Å². The number of rotatable bonds is 9. The van der Waals surface area contributed by atoms with Crippen LogP contribution in [0.5, 0.6) is 17.2 Å². The van der Waals surface area contributed by atoms with Crippen molar-refractivity contribution < 1.29 is 14.2 Å². The molecule has 0 unspecified atom stereocenters. The second-order valence-electron chi connectivity index (χ2n) is 6.57. The van der Waals surface area contributed by atoms with Crippen molar-refractivity contribution in [2.75, 3.05) is 19.0 Å². The van der Waals surface area contributed by atoms with Gasteiger partial charge in [0.15, 0.2) is 11.5 Å². The molecule has 3 aromatic carbocycles. The third-order valence-electron chi connectivity index (χ3n) is 4.40. The summed E-state index contributed by atoms with van der Waals surface area (Å²) in [5.41, 5.74) is 4.54. The molecule has 0 radical (unpaired) electrons. The van der Waals surface area contributed by atoms with Crippen LogP contribution in [0, 0.1) is 6.92 Å². The smallest absolute Gasteiger partial charge is 0.161 e. The summed E-state index contributed by atoms with van der Waals surface area (Å²) >= 11 is 0. The highest BCUT2D eigenvalue weighted by molar-refractivity contribution is 5.48. The summed E-state index contributed by atoms with van der Waals surface area (Å²) in [6, 6.07) is 22.3. The molecule has 0 fully saturated rings. The molecule has 0 amide bonds. The fraction of sp³-hybridized carbons (Fsp3) is 0.250. The zero-order valence-electron chi connectivity index (χ0n) is 16.7. The predicted molar refractivity (Wildman–Crippen MR) is 113 cm³/mol. The zero-order chi connectivity index (χ0) is 19.8. The number of nitrogens with one attached hydrogen (secondary N) is 1. The van der Waals surface area contributed by atoms with Crippen LogP contribution in [0.15, 0.2) is 66.7 Å². The second-order valence-corrected chi connectivity index (χ2v) is 6.57. The van der Waals surface area contributed by atoms with Crippen molar-refractivity contribution in [3.63, 3.8) is 0 Å². The Labute approximate surface area is 167 Å². The van der Waals surface area contributed by atoms with Crippen LogP contribution in [0.1, 0.15) is 23.6 Å². The van der Waals surface area contributed by atoms with E-state index in [0.29, 0.717) is 19.8 Å². The molecule has 146 valence electrons. The van der Waals surface area contributed by atoms with Gasteiger partial charge < -0.3 is 19.5 Å². The lowest BCUT2D eigenvalue weighted by atomic mass is 10.1. The van der Waals surface area contributed by atoms with E-state index in [1.807, 2.05) is 43.3 Å². The SMILES string of the molecule is CCOc1ccc(NCc2ccc(OCc3ccc(C)cc3)c(OC)c2)cc1. The minimum absolute atomic E-state index is 0.514. The van der Waals surface area contributed by atoms with Crippen LogP contribution < -0.4 is 19.5 Å². The molecule has 3 aromatic rings. The highest BCUT2D eigenvalue weighted by atomic mass is 16.5. The van der Waals surface area contributed by atoms with E-state index in [2.05, 4.69) is 42.6 Å². The van der Waals surface area contributed by atoms with E-state index in [1.54, 1.807) is 7.11 Å². The summed E-state index contributed by atoms with van der Waals surface area (Å²) in [7, 11) is 1.66. The Bertz CT molecular complexity index is 873. The first-order valence-electron chi connectivity index (χ1n) is 9.50. The van der Waals surface area contributed by atoms with Gasteiger partial charge in [-0.05, 0) is 61.4 Å². The summed E-state index contributed by atoms with van der Waals surface area (Å²) in [5.74, 6) is 2.36. The number of benzene rings is 3. The maximum absolute atomic E-state index is 5.95. The summed E-state index contributed by atoms with van der Waals surface area (Å²) in [5, 5.41) is 3.41. The number of hydrogen-bond donors (Lipinski definition) is 1. The first kappa shape index (κ1) is 19.6. The molecule has 1 N–H and O–H groups in total. The van der Waals surface area contributed by atoms with E-state index in [1.165, 1.54) is 5.56 Å². The summed E-state index contributed by atoms with van der Waals surface area (Å²) < 4.78 is 16.9. The Morgan fingerprint density at radius 2 is 1.50 bits per heavy atom. The maximum atomic E-state index is 5.95. The van der Waals surface area contributed by atoms with Crippen molar-refractivity contribution in [1.82, 2.24) is 0 Å². The molecule has 0 atom stereocenters. The molecule has 28 heavy (non-hydrogen) atoms. The zero-order valence-corrected chi connectivity index (χ0v) is 16.7. The van der Waals surface area contributed by atoms with E-state index in [0.717, 1.165) is 34.1 Å². The molecule has 0 spiro atoms. The molecule has 0 heterocycles. The fourth-order valence-electron chi connectivity index (χ4n) is 2.83. The second kappa shape index (κ2) is 9.70. The maximum Gasteiger partial charge on any atom is 0.161 e. The number of ether oxygens (including phenoxy) is 3. The first-order chi connectivity index (χ1) is 13.7. The van der Waals surface area contributed by atoms with Gasteiger partial charge in [0, 0.05) is 12.2 Å². The summed E-state index contributed by atoms with van der Waals surface area (Å²) in [6.45, 7) is 5.94. The van der Waals surface area contributed by atoms with Gasteiger partial charge in [-0.2, -0.15) is 0 Å². The van der Waals surface area contributed by atoms with E-state index >= 15 is 0 Å². The molecule has 4 nitrogen and oxygen atoms in total. The average Bonchev–Trinajstić information content (AvgIpc) is 2.73. The summed E-state index contributed by atoms with van der Waals surface area (Å²) in [4.78, 5) is 0. The van der Waals surface area contributed by atoms with Gasteiger partial charge >= 0.3 is 0 Å². The molecular formula is C24H27NO3. The van der Waals surface area contributed by atoms with Crippen molar-refractivity contribution in [3.8, 4) is 17.2 Å². The molecule has 4 heteroatoms.